The van der Waals surface area contributed by atoms with Gasteiger partial charge in [-0.1, -0.05) is 23.7 Å². The van der Waals surface area contributed by atoms with Crippen molar-refractivity contribution in [2.24, 2.45) is 0 Å². The van der Waals surface area contributed by atoms with Crippen LogP contribution in [0.2, 0.25) is 5.15 Å². The Morgan fingerprint density at radius 1 is 1.33 bits per heavy atom. The van der Waals surface area contributed by atoms with Gasteiger partial charge in [0.15, 0.2) is 0 Å². The van der Waals surface area contributed by atoms with Crippen LogP contribution in [0.4, 0.5) is 0 Å². The molecule has 3 nitrogen and oxygen atoms in total. The van der Waals surface area contributed by atoms with Gasteiger partial charge >= 0.3 is 5.97 Å². The molecular formula is C13H9ClINO2. The van der Waals surface area contributed by atoms with Crippen LogP contribution in [-0.4, -0.2) is 11.0 Å². The van der Waals surface area contributed by atoms with E-state index < -0.39 is 0 Å². The smallest absolute Gasteiger partial charge is 0.338 e. The summed E-state index contributed by atoms with van der Waals surface area (Å²) < 4.78 is 6.17. The van der Waals surface area contributed by atoms with E-state index in [2.05, 4.69) is 27.6 Å². The first kappa shape index (κ1) is 13.3. The molecule has 1 aromatic carbocycles. The van der Waals surface area contributed by atoms with Crippen molar-refractivity contribution in [3.8, 4) is 0 Å². The third-order valence-electron chi connectivity index (χ3n) is 2.26. The van der Waals surface area contributed by atoms with E-state index in [0.717, 1.165) is 3.57 Å². The SMILES string of the molecule is O=C(OCc1cccnc1Cl)c1cccc(I)c1. The van der Waals surface area contributed by atoms with Crippen LogP contribution in [0, 0.1) is 3.57 Å². The van der Waals surface area contributed by atoms with Gasteiger partial charge in [0.05, 0.1) is 5.56 Å². The van der Waals surface area contributed by atoms with E-state index in [-0.39, 0.29) is 12.6 Å². The minimum absolute atomic E-state index is 0.122. The summed E-state index contributed by atoms with van der Waals surface area (Å²) in [5, 5.41) is 0.355. The lowest BCUT2D eigenvalue weighted by Crippen LogP contribution is -2.05. The Morgan fingerprint density at radius 3 is 2.89 bits per heavy atom. The van der Waals surface area contributed by atoms with Gasteiger partial charge in [-0.3, -0.25) is 0 Å². The summed E-state index contributed by atoms with van der Waals surface area (Å²) >= 11 is 8.02. The zero-order valence-corrected chi connectivity index (χ0v) is 12.2. The van der Waals surface area contributed by atoms with Crippen molar-refractivity contribution in [1.29, 1.82) is 0 Å². The number of carbonyl (C=O) groups is 1. The molecule has 0 saturated carbocycles. The minimum Gasteiger partial charge on any atom is -0.457 e. The minimum atomic E-state index is -0.367. The molecule has 0 spiro atoms. The van der Waals surface area contributed by atoms with Gasteiger partial charge in [0.2, 0.25) is 0 Å². The molecule has 0 unspecified atom stereocenters. The fourth-order valence-electron chi connectivity index (χ4n) is 1.37. The van der Waals surface area contributed by atoms with Gasteiger partial charge in [-0.25, -0.2) is 9.78 Å². The fourth-order valence-corrected chi connectivity index (χ4v) is 2.09. The lowest BCUT2D eigenvalue weighted by Gasteiger charge is -2.06. The van der Waals surface area contributed by atoms with Crippen LogP contribution in [0.15, 0.2) is 42.6 Å². The topological polar surface area (TPSA) is 39.2 Å². The van der Waals surface area contributed by atoms with Crippen molar-refractivity contribution in [3.63, 3.8) is 0 Å². The van der Waals surface area contributed by atoms with Crippen LogP contribution in [0.1, 0.15) is 15.9 Å². The molecule has 1 aromatic heterocycles. The van der Waals surface area contributed by atoms with Crippen molar-refractivity contribution < 1.29 is 9.53 Å². The molecular weight excluding hydrogens is 365 g/mol. The second kappa shape index (κ2) is 6.15. The number of halogens is 2. The molecule has 2 rings (SSSR count). The maximum atomic E-state index is 11.8. The third kappa shape index (κ3) is 3.43. The summed E-state index contributed by atoms with van der Waals surface area (Å²) in [6.07, 6.45) is 1.59. The molecule has 0 bridgehead atoms. The number of aromatic nitrogens is 1. The monoisotopic (exact) mass is 373 g/mol. The highest BCUT2D eigenvalue weighted by Crippen LogP contribution is 2.14. The Balaban J connectivity index is 2.03. The van der Waals surface area contributed by atoms with Crippen molar-refractivity contribution in [2.75, 3.05) is 0 Å². The molecule has 5 heteroatoms. The van der Waals surface area contributed by atoms with Crippen LogP contribution in [0.3, 0.4) is 0 Å². The molecule has 0 amide bonds. The van der Waals surface area contributed by atoms with Crippen LogP contribution in [0.25, 0.3) is 0 Å². The Kier molecular flexibility index (Phi) is 4.54. The van der Waals surface area contributed by atoms with E-state index in [4.69, 9.17) is 16.3 Å². The van der Waals surface area contributed by atoms with E-state index in [1.165, 1.54) is 0 Å². The third-order valence-corrected chi connectivity index (χ3v) is 3.27. The van der Waals surface area contributed by atoms with Crippen LogP contribution >= 0.6 is 34.2 Å². The first-order valence-electron chi connectivity index (χ1n) is 5.19. The van der Waals surface area contributed by atoms with Crippen LogP contribution in [-0.2, 0) is 11.3 Å². The predicted octanol–water partition coefficient (Wildman–Crippen LogP) is 3.70. The molecule has 0 aliphatic carbocycles. The van der Waals surface area contributed by atoms with Gasteiger partial charge in [0.25, 0.3) is 0 Å². The van der Waals surface area contributed by atoms with Gasteiger partial charge in [0, 0.05) is 15.3 Å². The average Bonchev–Trinajstić information content (AvgIpc) is 2.37. The Hall–Kier alpha value is -1.14. The molecule has 0 aliphatic heterocycles. The summed E-state index contributed by atoms with van der Waals surface area (Å²) in [5.41, 5.74) is 1.22. The number of hydrogen-bond donors (Lipinski definition) is 0. The van der Waals surface area contributed by atoms with Gasteiger partial charge in [-0.05, 0) is 46.9 Å². The van der Waals surface area contributed by atoms with Crippen molar-refractivity contribution >= 4 is 40.2 Å². The number of nitrogens with zero attached hydrogens (tertiary/aromatic N) is 1. The second-order valence-corrected chi connectivity index (χ2v) is 5.14. The molecule has 0 N–H and O–H groups in total. The van der Waals surface area contributed by atoms with E-state index in [1.54, 1.807) is 30.5 Å². The molecule has 0 saturated heterocycles. The number of benzene rings is 1. The highest BCUT2D eigenvalue weighted by molar-refractivity contribution is 14.1. The molecule has 0 radical (unpaired) electrons. The van der Waals surface area contributed by atoms with E-state index in [9.17, 15) is 4.79 Å². The number of rotatable bonds is 3. The first-order valence-corrected chi connectivity index (χ1v) is 6.64. The number of carbonyl (C=O) groups excluding carboxylic acids is 1. The summed E-state index contributed by atoms with van der Waals surface area (Å²) in [7, 11) is 0. The largest absolute Gasteiger partial charge is 0.457 e. The number of pyridine rings is 1. The average molecular weight is 374 g/mol. The predicted molar refractivity (Wildman–Crippen MR) is 77.5 cm³/mol. The maximum Gasteiger partial charge on any atom is 0.338 e. The Bertz CT molecular complexity index is 574. The molecule has 2 aromatic rings. The summed E-state index contributed by atoms with van der Waals surface area (Å²) in [6.45, 7) is 0.122. The maximum absolute atomic E-state index is 11.8. The highest BCUT2D eigenvalue weighted by atomic mass is 127. The standard InChI is InChI=1S/C13H9ClINO2/c14-12-10(4-2-6-16-12)8-18-13(17)9-3-1-5-11(15)7-9/h1-7H,8H2. The molecule has 18 heavy (non-hydrogen) atoms. The Morgan fingerprint density at radius 2 is 2.17 bits per heavy atom. The number of esters is 1. The molecule has 0 fully saturated rings. The number of ether oxygens (including phenoxy) is 1. The second-order valence-electron chi connectivity index (χ2n) is 3.54. The van der Waals surface area contributed by atoms with E-state index in [0.29, 0.717) is 16.3 Å². The van der Waals surface area contributed by atoms with E-state index >= 15 is 0 Å². The van der Waals surface area contributed by atoms with Crippen LogP contribution in [0.5, 0.6) is 0 Å². The zero-order valence-electron chi connectivity index (χ0n) is 9.27. The van der Waals surface area contributed by atoms with Crippen molar-refractivity contribution in [3.05, 3.63) is 62.4 Å². The Labute approximate surface area is 123 Å². The van der Waals surface area contributed by atoms with Gasteiger partial charge in [-0.2, -0.15) is 0 Å². The van der Waals surface area contributed by atoms with Crippen molar-refractivity contribution in [2.45, 2.75) is 6.61 Å². The molecule has 1 heterocycles. The van der Waals surface area contributed by atoms with Crippen molar-refractivity contribution in [1.82, 2.24) is 4.98 Å². The quantitative estimate of drug-likeness (QED) is 0.468. The van der Waals surface area contributed by atoms with E-state index in [1.807, 2.05) is 12.1 Å². The summed E-state index contributed by atoms with van der Waals surface area (Å²) in [4.78, 5) is 15.7. The molecule has 92 valence electrons. The summed E-state index contributed by atoms with van der Waals surface area (Å²) in [6, 6.07) is 10.7. The first-order chi connectivity index (χ1) is 8.66. The fraction of sp³-hybridized carbons (Fsp3) is 0.0769. The zero-order chi connectivity index (χ0) is 13.0. The van der Waals surface area contributed by atoms with Gasteiger partial charge in [0.1, 0.15) is 11.8 Å². The van der Waals surface area contributed by atoms with Gasteiger partial charge < -0.3 is 4.74 Å². The van der Waals surface area contributed by atoms with Crippen LogP contribution < -0.4 is 0 Å². The van der Waals surface area contributed by atoms with Gasteiger partial charge in [-0.15, -0.1) is 0 Å². The molecule has 0 atom stereocenters. The summed E-state index contributed by atoms with van der Waals surface area (Å²) in [5.74, 6) is -0.367. The lowest BCUT2D eigenvalue weighted by atomic mass is 10.2. The molecule has 0 aliphatic rings. The highest BCUT2D eigenvalue weighted by Gasteiger charge is 2.09. The number of hydrogen-bond acceptors (Lipinski definition) is 3. The lowest BCUT2D eigenvalue weighted by molar-refractivity contribution is 0.0472. The normalized spacial score (nSPS) is 10.1.